The molecule has 2 fully saturated rings. The largest absolute Gasteiger partial charge is 0.379 e. The van der Waals surface area contributed by atoms with Gasteiger partial charge in [0.2, 0.25) is 0 Å². The number of hydrogen-bond acceptors (Lipinski definition) is 5. The van der Waals surface area contributed by atoms with Crippen LogP contribution in [0.5, 0.6) is 0 Å². The number of aromatic nitrogens is 1. The summed E-state index contributed by atoms with van der Waals surface area (Å²) >= 11 is 0. The molecule has 0 N–H and O–H groups in total. The fraction of sp³-hybridized carbons (Fsp3) is 0.733. The minimum atomic E-state index is 0.00822. The molecule has 2 saturated heterocycles. The van der Waals surface area contributed by atoms with Gasteiger partial charge < -0.3 is 14.2 Å². The smallest absolute Gasteiger partial charge is 0.276 e. The van der Waals surface area contributed by atoms with Gasteiger partial charge in [-0.2, -0.15) is 0 Å². The first-order valence-electron chi connectivity index (χ1n) is 7.88. The summed E-state index contributed by atoms with van der Waals surface area (Å²) in [6, 6.07) is 1.79. The highest BCUT2D eigenvalue weighted by atomic mass is 16.5. The number of amides is 1. The maximum atomic E-state index is 12.4. The molecule has 0 spiro atoms. The molecule has 6 nitrogen and oxygen atoms in total. The summed E-state index contributed by atoms with van der Waals surface area (Å²) in [7, 11) is 0. The van der Waals surface area contributed by atoms with Crippen molar-refractivity contribution in [1.29, 1.82) is 0 Å². The molecule has 0 aliphatic carbocycles. The molecule has 0 aromatic carbocycles. The van der Waals surface area contributed by atoms with E-state index in [1.807, 2.05) is 4.90 Å². The molecule has 116 valence electrons. The second kappa shape index (κ2) is 7.04. The van der Waals surface area contributed by atoms with Crippen LogP contribution in [0.4, 0.5) is 0 Å². The van der Waals surface area contributed by atoms with Gasteiger partial charge in [-0.3, -0.25) is 9.69 Å². The maximum Gasteiger partial charge on any atom is 0.276 e. The van der Waals surface area contributed by atoms with E-state index in [2.05, 4.69) is 10.1 Å². The Morgan fingerprint density at radius 2 is 1.81 bits per heavy atom. The summed E-state index contributed by atoms with van der Waals surface area (Å²) in [6.07, 6.45) is 4.60. The second-order valence-electron chi connectivity index (χ2n) is 5.77. The average molecular weight is 293 g/mol. The first kappa shape index (κ1) is 14.5. The predicted octanol–water partition coefficient (Wildman–Crippen LogP) is 1.52. The van der Waals surface area contributed by atoms with Crippen LogP contribution in [-0.4, -0.2) is 60.3 Å². The second-order valence-corrected chi connectivity index (χ2v) is 5.77. The van der Waals surface area contributed by atoms with Gasteiger partial charge in [-0.15, -0.1) is 0 Å². The summed E-state index contributed by atoms with van der Waals surface area (Å²) < 4.78 is 10.7. The lowest BCUT2D eigenvalue weighted by Gasteiger charge is -2.25. The quantitative estimate of drug-likeness (QED) is 0.845. The Kier molecular flexibility index (Phi) is 4.87. The van der Waals surface area contributed by atoms with Gasteiger partial charge in [-0.25, -0.2) is 0 Å². The van der Waals surface area contributed by atoms with Crippen LogP contribution in [0, 0.1) is 0 Å². The highest BCUT2D eigenvalue weighted by Crippen LogP contribution is 2.15. The van der Waals surface area contributed by atoms with Crippen LogP contribution in [0.2, 0.25) is 0 Å². The van der Waals surface area contributed by atoms with E-state index in [1.54, 1.807) is 6.07 Å². The Balaban J connectivity index is 1.59. The molecule has 0 saturated carbocycles. The third-order valence-electron chi connectivity index (χ3n) is 4.15. The summed E-state index contributed by atoms with van der Waals surface area (Å²) in [6.45, 7) is 5.69. The van der Waals surface area contributed by atoms with Crippen LogP contribution < -0.4 is 0 Å². The summed E-state index contributed by atoms with van der Waals surface area (Å²) in [5.41, 5.74) is 0.445. The molecule has 3 rings (SSSR count). The first-order valence-corrected chi connectivity index (χ1v) is 7.88. The SMILES string of the molecule is O=C(c1cc(CN2CCOCC2)on1)N1CCCCCC1. The fourth-order valence-corrected chi connectivity index (χ4v) is 2.90. The van der Waals surface area contributed by atoms with Crippen molar-refractivity contribution in [2.24, 2.45) is 0 Å². The molecule has 2 aliphatic heterocycles. The third kappa shape index (κ3) is 3.83. The van der Waals surface area contributed by atoms with Gasteiger partial charge in [0.1, 0.15) is 0 Å². The standard InChI is InChI=1S/C15H23N3O3/c19-15(18-5-3-1-2-4-6-18)14-11-13(21-16-14)12-17-7-9-20-10-8-17/h11H,1-10,12H2. The van der Waals surface area contributed by atoms with E-state index in [0.717, 1.165) is 58.0 Å². The number of nitrogens with zero attached hydrogens (tertiary/aromatic N) is 3. The average Bonchev–Trinajstić information content (AvgIpc) is 2.81. The number of carbonyl (C=O) groups is 1. The molecule has 3 heterocycles. The molecule has 1 aromatic rings. The van der Waals surface area contributed by atoms with E-state index in [-0.39, 0.29) is 5.91 Å². The van der Waals surface area contributed by atoms with Gasteiger partial charge in [-0.05, 0) is 12.8 Å². The first-order chi connectivity index (χ1) is 10.3. The summed E-state index contributed by atoms with van der Waals surface area (Å²) in [4.78, 5) is 16.6. The molecule has 0 bridgehead atoms. The molecule has 6 heteroatoms. The maximum absolute atomic E-state index is 12.4. The van der Waals surface area contributed by atoms with Crippen molar-refractivity contribution in [2.45, 2.75) is 32.2 Å². The zero-order chi connectivity index (χ0) is 14.5. The van der Waals surface area contributed by atoms with Gasteiger partial charge in [0, 0.05) is 32.2 Å². The molecule has 2 aliphatic rings. The Morgan fingerprint density at radius 3 is 2.52 bits per heavy atom. The van der Waals surface area contributed by atoms with Crippen LogP contribution in [0.3, 0.4) is 0 Å². The van der Waals surface area contributed by atoms with E-state index in [1.165, 1.54) is 12.8 Å². The van der Waals surface area contributed by atoms with Gasteiger partial charge in [0.05, 0.1) is 19.8 Å². The number of morpholine rings is 1. The van der Waals surface area contributed by atoms with Gasteiger partial charge in [0.25, 0.3) is 5.91 Å². The van der Waals surface area contributed by atoms with E-state index < -0.39 is 0 Å². The number of likely N-dealkylation sites (tertiary alicyclic amines) is 1. The van der Waals surface area contributed by atoms with E-state index in [0.29, 0.717) is 12.2 Å². The minimum absolute atomic E-state index is 0.00822. The lowest BCUT2D eigenvalue weighted by atomic mass is 10.2. The molecule has 1 amide bonds. The molecule has 21 heavy (non-hydrogen) atoms. The lowest BCUT2D eigenvalue weighted by Crippen LogP contribution is -2.35. The normalized spacial score (nSPS) is 21.2. The molecule has 0 atom stereocenters. The zero-order valence-corrected chi connectivity index (χ0v) is 12.4. The monoisotopic (exact) mass is 293 g/mol. The van der Waals surface area contributed by atoms with Crippen molar-refractivity contribution >= 4 is 5.91 Å². The highest BCUT2D eigenvalue weighted by Gasteiger charge is 2.21. The third-order valence-corrected chi connectivity index (χ3v) is 4.15. The van der Waals surface area contributed by atoms with Crippen molar-refractivity contribution in [1.82, 2.24) is 15.0 Å². The Labute approximate surface area is 125 Å². The van der Waals surface area contributed by atoms with E-state index in [4.69, 9.17) is 9.26 Å². The van der Waals surface area contributed by atoms with Crippen molar-refractivity contribution in [3.63, 3.8) is 0 Å². The van der Waals surface area contributed by atoms with Crippen molar-refractivity contribution < 1.29 is 14.1 Å². The van der Waals surface area contributed by atoms with Crippen LogP contribution in [-0.2, 0) is 11.3 Å². The van der Waals surface area contributed by atoms with Crippen LogP contribution in [0.25, 0.3) is 0 Å². The molecule has 0 radical (unpaired) electrons. The molecule has 1 aromatic heterocycles. The Bertz CT molecular complexity index is 460. The van der Waals surface area contributed by atoms with E-state index >= 15 is 0 Å². The number of rotatable bonds is 3. The van der Waals surface area contributed by atoms with Crippen molar-refractivity contribution in [3.8, 4) is 0 Å². The lowest BCUT2D eigenvalue weighted by molar-refractivity contribution is 0.0305. The van der Waals surface area contributed by atoms with Crippen molar-refractivity contribution in [2.75, 3.05) is 39.4 Å². The van der Waals surface area contributed by atoms with Crippen molar-refractivity contribution in [3.05, 3.63) is 17.5 Å². The molecular weight excluding hydrogens is 270 g/mol. The molecule has 0 unspecified atom stereocenters. The Morgan fingerprint density at radius 1 is 1.10 bits per heavy atom. The topological polar surface area (TPSA) is 58.8 Å². The van der Waals surface area contributed by atoms with Crippen LogP contribution in [0.15, 0.2) is 10.6 Å². The predicted molar refractivity (Wildman–Crippen MR) is 77.0 cm³/mol. The van der Waals surface area contributed by atoms with Crippen LogP contribution >= 0.6 is 0 Å². The number of carbonyl (C=O) groups excluding carboxylic acids is 1. The number of hydrogen-bond donors (Lipinski definition) is 0. The summed E-state index contributed by atoms with van der Waals surface area (Å²) in [5.74, 6) is 0.768. The van der Waals surface area contributed by atoms with Gasteiger partial charge in [0.15, 0.2) is 11.5 Å². The number of ether oxygens (including phenoxy) is 1. The van der Waals surface area contributed by atoms with Gasteiger partial charge in [-0.1, -0.05) is 18.0 Å². The van der Waals surface area contributed by atoms with Crippen LogP contribution in [0.1, 0.15) is 41.9 Å². The molecular formula is C15H23N3O3. The van der Waals surface area contributed by atoms with E-state index in [9.17, 15) is 4.79 Å². The zero-order valence-electron chi connectivity index (χ0n) is 12.4. The van der Waals surface area contributed by atoms with Gasteiger partial charge >= 0.3 is 0 Å². The fourth-order valence-electron chi connectivity index (χ4n) is 2.90. The minimum Gasteiger partial charge on any atom is -0.379 e. The Hall–Kier alpha value is -1.40. The highest BCUT2D eigenvalue weighted by molar-refractivity contribution is 5.92. The summed E-state index contributed by atoms with van der Waals surface area (Å²) in [5, 5.41) is 3.96.